The normalized spacial score (nSPS) is 20.1. The fraction of sp³-hybridized carbons (Fsp3) is 0.556. The van der Waals surface area contributed by atoms with Gasteiger partial charge in [-0.25, -0.2) is 4.79 Å². The third kappa shape index (κ3) is 4.98. The minimum atomic E-state index is -0.309. The van der Waals surface area contributed by atoms with Crippen molar-refractivity contribution in [3.8, 4) is 5.75 Å². The van der Waals surface area contributed by atoms with Gasteiger partial charge in [-0.05, 0) is 49.9 Å². The standard InChI is InChI=1S/C18H24O5/c1-3-4-11-22-18(20)13-5-8-15(9-6-13)23-16-10-7-14(12-16)17(19)21-2/h5-6,8-9,14,16H,3-4,7,10-12H2,1-2H3/t14-,16+/m0/s1. The maximum atomic E-state index is 11.8. The second-order valence-corrected chi connectivity index (χ2v) is 5.79. The summed E-state index contributed by atoms with van der Waals surface area (Å²) in [6, 6.07) is 6.94. The average molecular weight is 320 g/mol. The van der Waals surface area contributed by atoms with E-state index in [1.807, 2.05) is 6.92 Å². The van der Waals surface area contributed by atoms with Crippen LogP contribution in [0.2, 0.25) is 0 Å². The molecule has 1 aliphatic rings. The molecule has 0 N–H and O–H groups in total. The van der Waals surface area contributed by atoms with Gasteiger partial charge in [0.2, 0.25) is 0 Å². The third-order valence-corrected chi connectivity index (χ3v) is 4.04. The van der Waals surface area contributed by atoms with Gasteiger partial charge < -0.3 is 14.2 Å². The van der Waals surface area contributed by atoms with Crippen LogP contribution in [0.4, 0.5) is 0 Å². The van der Waals surface area contributed by atoms with Gasteiger partial charge >= 0.3 is 11.9 Å². The van der Waals surface area contributed by atoms with Crippen molar-refractivity contribution >= 4 is 11.9 Å². The van der Waals surface area contributed by atoms with E-state index < -0.39 is 0 Å². The number of methoxy groups -OCH3 is 1. The van der Waals surface area contributed by atoms with Crippen molar-refractivity contribution in [3.63, 3.8) is 0 Å². The topological polar surface area (TPSA) is 61.8 Å². The Balaban J connectivity index is 1.83. The molecule has 0 saturated heterocycles. The zero-order valence-corrected chi connectivity index (χ0v) is 13.7. The molecule has 0 amide bonds. The molecule has 2 rings (SSSR count). The highest BCUT2D eigenvalue weighted by Gasteiger charge is 2.31. The van der Waals surface area contributed by atoms with Crippen molar-refractivity contribution in [2.45, 2.75) is 45.1 Å². The van der Waals surface area contributed by atoms with E-state index in [0.717, 1.165) is 25.7 Å². The predicted octanol–water partition coefficient (Wildman–Crippen LogP) is 3.36. The Kier molecular flexibility index (Phi) is 6.44. The molecular formula is C18H24O5. The molecule has 5 nitrogen and oxygen atoms in total. The molecule has 0 aliphatic heterocycles. The Hall–Kier alpha value is -2.04. The van der Waals surface area contributed by atoms with E-state index in [1.165, 1.54) is 7.11 Å². The molecule has 1 aromatic rings. The first-order valence-corrected chi connectivity index (χ1v) is 8.15. The minimum absolute atomic E-state index is 0.0152. The quantitative estimate of drug-likeness (QED) is 0.569. The molecular weight excluding hydrogens is 296 g/mol. The fourth-order valence-electron chi connectivity index (χ4n) is 2.68. The molecule has 1 aromatic carbocycles. The van der Waals surface area contributed by atoms with Crippen LogP contribution in [-0.4, -0.2) is 31.8 Å². The van der Waals surface area contributed by atoms with Crippen LogP contribution in [0.1, 0.15) is 49.4 Å². The van der Waals surface area contributed by atoms with Gasteiger partial charge in [0, 0.05) is 0 Å². The molecule has 1 fully saturated rings. The van der Waals surface area contributed by atoms with Gasteiger partial charge in [-0.3, -0.25) is 4.79 Å². The lowest BCUT2D eigenvalue weighted by Gasteiger charge is -2.14. The number of hydrogen-bond donors (Lipinski definition) is 0. The van der Waals surface area contributed by atoms with Crippen LogP contribution in [0.25, 0.3) is 0 Å². The number of unbranched alkanes of at least 4 members (excludes halogenated alkanes) is 1. The lowest BCUT2D eigenvalue weighted by atomic mass is 10.1. The summed E-state index contributed by atoms with van der Waals surface area (Å²) in [5.74, 6) is 0.154. The molecule has 0 bridgehead atoms. The van der Waals surface area contributed by atoms with Crippen molar-refractivity contribution in [1.29, 1.82) is 0 Å². The second kappa shape index (κ2) is 8.56. The Morgan fingerprint density at radius 2 is 1.91 bits per heavy atom. The number of carbonyl (C=O) groups excluding carboxylic acids is 2. The first-order chi connectivity index (χ1) is 11.1. The first-order valence-electron chi connectivity index (χ1n) is 8.15. The molecule has 1 aliphatic carbocycles. The van der Waals surface area contributed by atoms with E-state index in [2.05, 4.69) is 0 Å². The summed E-state index contributed by atoms with van der Waals surface area (Å²) in [6.07, 6.45) is 4.18. The SMILES string of the molecule is CCCCOC(=O)c1ccc(O[C@@H]2CC[C@H](C(=O)OC)C2)cc1. The molecule has 0 aromatic heterocycles. The molecule has 0 unspecified atom stereocenters. The van der Waals surface area contributed by atoms with Crippen molar-refractivity contribution in [2.75, 3.05) is 13.7 Å². The highest BCUT2D eigenvalue weighted by molar-refractivity contribution is 5.89. The second-order valence-electron chi connectivity index (χ2n) is 5.79. The van der Waals surface area contributed by atoms with Gasteiger partial charge in [0.1, 0.15) is 5.75 Å². The molecule has 0 radical (unpaired) electrons. The van der Waals surface area contributed by atoms with Crippen LogP contribution in [0.5, 0.6) is 5.75 Å². The van der Waals surface area contributed by atoms with Crippen LogP contribution in [0.15, 0.2) is 24.3 Å². The van der Waals surface area contributed by atoms with E-state index >= 15 is 0 Å². The number of esters is 2. The van der Waals surface area contributed by atoms with Crippen LogP contribution in [0, 0.1) is 5.92 Å². The first kappa shape index (κ1) is 17.3. The highest BCUT2D eigenvalue weighted by atomic mass is 16.5. The van der Waals surface area contributed by atoms with Gasteiger partial charge in [0.25, 0.3) is 0 Å². The number of hydrogen-bond acceptors (Lipinski definition) is 5. The van der Waals surface area contributed by atoms with Crippen LogP contribution < -0.4 is 4.74 Å². The summed E-state index contributed by atoms with van der Waals surface area (Å²) in [5, 5.41) is 0. The Morgan fingerprint density at radius 1 is 1.17 bits per heavy atom. The zero-order chi connectivity index (χ0) is 16.7. The summed E-state index contributed by atoms with van der Waals surface area (Å²) in [5.41, 5.74) is 0.521. The number of ether oxygens (including phenoxy) is 3. The van der Waals surface area contributed by atoms with Crippen LogP contribution in [0.3, 0.4) is 0 Å². The maximum Gasteiger partial charge on any atom is 0.338 e. The molecule has 1 saturated carbocycles. The van der Waals surface area contributed by atoms with Crippen molar-refractivity contribution in [2.24, 2.45) is 5.92 Å². The zero-order valence-electron chi connectivity index (χ0n) is 13.7. The molecule has 126 valence electrons. The van der Waals surface area contributed by atoms with E-state index in [-0.39, 0.29) is 24.0 Å². The highest BCUT2D eigenvalue weighted by Crippen LogP contribution is 2.30. The third-order valence-electron chi connectivity index (χ3n) is 4.04. The summed E-state index contributed by atoms with van der Waals surface area (Å²) in [7, 11) is 1.41. The van der Waals surface area contributed by atoms with Gasteiger partial charge in [0.05, 0.1) is 31.3 Å². The van der Waals surface area contributed by atoms with Gasteiger partial charge in [-0.1, -0.05) is 13.3 Å². The van der Waals surface area contributed by atoms with Crippen LogP contribution >= 0.6 is 0 Å². The molecule has 0 spiro atoms. The van der Waals surface area contributed by atoms with E-state index in [9.17, 15) is 9.59 Å². The number of rotatable bonds is 7. The largest absolute Gasteiger partial charge is 0.490 e. The Morgan fingerprint density at radius 3 is 2.57 bits per heavy atom. The summed E-state index contributed by atoms with van der Waals surface area (Å²) < 4.78 is 15.8. The summed E-state index contributed by atoms with van der Waals surface area (Å²) >= 11 is 0. The Labute approximate surface area is 136 Å². The fourth-order valence-corrected chi connectivity index (χ4v) is 2.68. The van der Waals surface area contributed by atoms with Crippen molar-refractivity contribution in [1.82, 2.24) is 0 Å². The molecule has 0 heterocycles. The lowest BCUT2D eigenvalue weighted by molar-refractivity contribution is -0.145. The molecule has 5 heteroatoms. The van der Waals surface area contributed by atoms with E-state index in [1.54, 1.807) is 24.3 Å². The van der Waals surface area contributed by atoms with Gasteiger partial charge in [-0.2, -0.15) is 0 Å². The lowest BCUT2D eigenvalue weighted by Crippen LogP contribution is -2.17. The van der Waals surface area contributed by atoms with E-state index in [4.69, 9.17) is 14.2 Å². The number of benzene rings is 1. The summed E-state index contributed by atoms with van der Waals surface area (Å²) in [6.45, 7) is 2.50. The Bertz CT molecular complexity index is 523. The minimum Gasteiger partial charge on any atom is -0.490 e. The predicted molar refractivity (Wildman–Crippen MR) is 85.4 cm³/mol. The van der Waals surface area contributed by atoms with E-state index in [0.29, 0.717) is 24.3 Å². The summed E-state index contributed by atoms with van der Waals surface area (Å²) in [4.78, 5) is 23.3. The number of carbonyl (C=O) groups is 2. The average Bonchev–Trinajstić information content (AvgIpc) is 3.03. The van der Waals surface area contributed by atoms with Gasteiger partial charge in [0.15, 0.2) is 0 Å². The van der Waals surface area contributed by atoms with Crippen molar-refractivity contribution < 1.29 is 23.8 Å². The van der Waals surface area contributed by atoms with Crippen LogP contribution in [-0.2, 0) is 14.3 Å². The molecule has 23 heavy (non-hydrogen) atoms. The smallest absolute Gasteiger partial charge is 0.338 e. The van der Waals surface area contributed by atoms with Gasteiger partial charge in [-0.15, -0.1) is 0 Å². The van der Waals surface area contributed by atoms with Crippen molar-refractivity contribution in [3.05, 3.63) is 29.8 Å². The monoisotopic (exact) mass is 320 g/mol. The maximum absolute atomic E-state index is 11.8. The molecule has 2 atom stereocenters.